The molecule has 1 atom stereocenters. The van der Waals surface area contributed by atoms with Crippen LogP contribution in [0.4, 0.5) is 0 Å². The number of nitrogens with one attached hydrogen (secondary N) is 1. The second-order valence-electron chi connectivity index (χ2n) is 11.6. The summed E-state index contributed by atoms with van der Waals surface area (Å²) in [6.45, 7) is 11.6. The van der Waals surface area contributed by atoms with Gasteiger partial charge < -0.3 is 15.0 Å². The number of piperazine rings is 1. The fourth-order valence-electron chi connectivity index (χ4n) is 6.51. The summed E-state index contributed by atoms with van der Waals surface area (Å²) in [6, 6.07) is 5.52. The van der Waals surface area contributed by atoms with Gasteiger partial charge in [0.2, 0.25) is 5.91 Å². The molecule has 2 aliphatic heterocycles. The van der Waals surface area contributed by atoms with Crippen LogP contribution in [-0.4, -0.2) is 114 Å². The Hall–Kier alpha value is -1.52. The van der Waals surface area contributed by atoms with Crippen LogP contribution in [0.15, 0.2) is 17.0 Å². The number of piperidine rings is 1. The lowest BCUT2D eigenvalue weighted by atomic mass is 9.89. The van der Waals surface area contributed by atoms with E-state index in [1.54, 1.807) is 11.4 Å². The SMILES string of the molecule is COc1cc(C)c(S(=O)N(C)CCC(=O)NC2CCC(N3CCN(C4CCN(C)CC4)CC3)CC2)c(C)c1. The third-order valence-electron chi connectivity index (χ3n) is 8.91. The molecule has 1 aromatic carbocycles. The monoisotopic (exact) mass is 547 g/mol. The van der Waals surface area contributed by atoms with E-state index in [0.29, 0.717) is 19.0 Å². The maximum atomic E-state index is 13.2. The number of likely N-dealkylation sites (tertiary alicyclic amines) is 1. The number of benzene rings is 1. The quantitative estimate of drug-likeness (QED) is 0.513. The summed E-state index contributed by atoms with van der Waals surface area (Å²) < 4.78 is 20.2. The van der Waals surface area contributed by atoms with Crippen molar-refractivity contribution < 1.29 is 13.7 Å². The van der Waals surface area contributed by atoms with E-state index in [0.717, 1.165) is 40.7 Å². The summed E-state index contributed by atoms with van der Waals surface area (Å²) in [6.07, 6.45) is 7.42. The van der Waals surface area contributed by atoms with Gasteiger partial charge in [-0.2, -0.15) is 0 Å². The molecule has 1 unspecified atom stereocenters. The number of methoxy groups -OCH3 is 1. The first kappa shape index (κ1) is 29.5. The van der Waals surface area contributed by atoms with Gasteiger partial charge in [0, 0.05) is 64.3 Å². The highest BCUT2D eigenvalue weighted by atomic mass is 32.2. The molecule has 1 N–H and O–H groups in total. The van der Waals surface area contributed by atoms with Crippen LogP contribution < -0.4 is 10.1 Å². The molecule has 0 spiro atoms. The molecule has 3 aliphatic rings. The topological polar surface area (TPSA) is 68.4 Å². The van der Waals surface area contributed by atoms with E-state index in [-0.39, 0.29) is 11.9 Å². The summed E-state index contributed by atoms with van der Waals surface area (Å²) in [5, 5.41) is 3.26. The highest BCUT2D eigenvalue weighted by Crippen LogP contribution is 2.27. The van der Waals surface area contributed by atoms with Crippen LogP contribution in [0, 0.1) is 13.8 Å². The Labute approximate surface area is 232 Å². The average molecular weight is 548 g/mol. The average Bonchev–Trinajstić information content (AvgIpc) is 2.92. The molecule has 2 heterocycles. The standard InChI is InChI=1S/C29H49N5O3S/c1-22-20-27(37-5)21-23(2)29(22)38(36)32(4)15-12-28(35)30-24-6-8-25(9-7-24)33-16-18-34(19-17-33)26-10-13-31(3)14-11-26/h20-21,24-26H,6-19H2,1-5H3,(H,30,35). The zero-order valence-electron chi connectivity index (χ0n) is 24.2. The van der Waals surface area contributed by atoms with Crippen LogP contribution in [0.5, 0.6) is 5.75 Å². The number of rotatable bonds is 9. The molecule has 38 heavy (non-hydrogen) atoms. The van der Waals surface area contributed by atoms with E-state index in [4.69, 9.17) is 4.74 Å². The number of nitrogens with zero attached hydrogens (tertiary/aromatic N) is 4. The maximum Gasteiger partial charge on any atom is 0.221 e. The molecule has 0 radical (unpaired) electrons. The highest BCUT2D eigenvalue weighted by Gasteiger charge is 2.31. The van der Waals surface area contributed by atoms with Gasteiger partial charge in [0.25, 0.3) is 0 Å². The van der Waals surface area contributed by atoms with E-state index in [2.05, 4.69) is 27.1 Å². The second-order valence-corrected chi connectivity index (χ2v) is 13.2. The third-order valence-corrected chi connectivity index (χ3v) is 10.7. The van der Waals surface area contributed by atoms with Gasteiger partial charge >= 0.3 is 0 Å². The van der Waals surface area contributed by atoms with Crippen molar-refractivity contribution in [2.45, 2.75) is 81.8 Å². The summed E-state index contributed by atoms with van der Waals surface area (Å²) in [7, 11) is 4.39. The molecule has 4 rings (SSSR count). The van der Waals surface area contributed by atoms with Crippen LogP contribution in [0.1, 0.15) is 56.1 Å². The van der Waals surface area contributed by atoms with Crippen molar-refractivity contribution in [2.75, 3.05) is 67.0 Å². The predicted octanol–water partition coefficient (Wildman–Crippen LogP) is 2.80. The highest BCUT2D eigenvalue weighted by molar-refractivity contribution is 7.82. The summed E-state index contributed by atoms with van der Waals surface area (Å²) in [5.41, 5.74) is 1.88. The molecular weight excluding hydrogens is 498 g/mol. The van der Waals surface area contributed by atoms with Crippen LogP contribution >= 0.6 is 0 Å². The Bertz CT molecular complexity index is 929. The van der Waals surface area contributed by atoms with Crippen molar-refractivity contribution in [1.82, 2.24) is 24.3 Å². The van der Waals surface area contributed by atoms with Gasteiger partial charge in [0.1, 0.15) is 16.7 Å². The number of carbonyl (C=O) groups is 1. The summed E-state index contributed by atoms with van der Waals surface area (Å²) in [4.78, 5) is 21.4. The van der Waals surface area contributed by atoms with Gasteiger partial charge in [0.15, 0.2) is 0 Å². The lowest BCUT2D eigenvalue weighted by Crippen LogP contribution is -2.55. The van der Waals surface area contributed by atoms with E-state index in [9.17, 15) is 9.00 Å². The molecule has 1 saturated carbocycles. The zero-order chi connectivity index (χ0) is 27.2. The minimum absolute atomic E-state index is 0.0622. The van der Waals surface area contributed by atoms with Gasteiger partial charge in [-0.3, -0.25) is 14.6 Å². The predicted molar refractivity (Wildman–Crippen MR) is 154 cm³/mol. The number of amides is 1. The maximum absolute atomic E-state index is 13.2. The van der Waals surface area contributed by atoms with Crippen molar-refractivity contribution in [3.05, 3.63) is 23.3 Å². The van der Waals surface area contributed by atoms with Gasteiger partial charge in [-0.25, -0.2) is 8.51 Å². The molecule has 0 bridgehead atoms. The van der Waals surface area contributed by atoms with E-state index in [1.807, 2.05) is 33.0 Å². The molecule has 9 heteroatoms. The van der Waals surface area contributed by atoms with Crippen molar-refractivity contribution in [1.29, 1.82) is 0 Å². The van der Waals surface area contributed by atoms with Crippen molar-refractivity contribution in [3.8, 4) is 5.75 Å². The first-order chi connectivity index (χ1) is 18.2. The van der Waals surface area contributed by atoms with Crippen molar-refractivity contribution in [3.63, 3.8) is 0 Å². The second kappa shape index (κ2) is 13.7. The fourth-order valence-corrected chi connectivity index (χ4v) is 7.75. The molecule has 1 aromatic rings. The van der Waals surface area contributed by atoms with Crippen molar-refractivity contribution >= 4 is 16.9 Å². The Kier molecular flexibility index (Phi) is 10.6. The van der Waals surface area contributed by atoms with Gasteiger partial charge in [-0.1, -0.05) is 0 Å². The van der Waals surface area contributed by atoms with Gasteiger partial charge in [0.05, 0.1) is 12.0 Å². The molecule has 1 aliphatic carbocycles. The molecule has 3 fully saturated rings. The van der Waals surface area contributed by atoms with Crippen LogP contribution in [0.3, 0.4) is 0 Å². The fraction of sp³-hybridized carbons (Fsp3) is 0.759. The number of hydrogen-bond donors (Lipinski definition) is 1. The first-order valence-corrected chi connectivity index (χ1v) is 15.6. The van der Waals surface area contributed by atoms with E-state index >= 15 is 0 Å². The third kappa shape index (κ3) is 7.56. The Morgan fingerprint density at radius 3 is 2.00 bits per heavy atom. The Balaban J connectivity index is 1.15. The lowest BCUT2D eigenvalue weighted by molar-refractivity contribution is -0.122. The summed E-state index contributed by atoms with van der Waals surface area (Å²) in [5.74, 6) is 0.833. The smallest absolute Gasteiger partial charge is 0.221 e. The molecule has 0 aromatic heterocycles. The number of aryl methyl sites for hydroxylation is 2. The van der Waals surface area contributed by atoms with Crippen LogP contribution in [-0.2, 0) is 15.8 Å². The van der Waals surface area contributed by atoms with E-state index < -0.39 is 11.0 Å². The zero-order valence-corrected chi connectivity index (χ0v) is 25.0. The minimum Gasteiger partial charge on any atom is -0.497 e. The normalized spacial score (nSPS) is 25.4. The minimum atomic E-state index is -1.31. The molecular formula is C29H49N5O3S. The molecule has 8 nitrogen and oxygen atoms in total. The van der Waals surface area contributed by atoms with Gasteiger partial charge in [-0.05, 0) is 95.8 Å². The number of ether oxygens (including phenoxy) is 1. The number of carbonyl (C=O) groups excluding carboxylic acids is 1. The van der Waals surface area contributed by atoms with Crippen molar-refractivity contribution in [2.24, 2.45) is 0 Å². The van der Waals surface area contributed by atoms with Gasteiger partial charge in [-0.15, -0.1) is 0 Å². The van der Waals surface area contributed by atoms with Crippen LogP contribution in [0.2, 0.25) is 0 Å². The number of hydrogen-bond acceptors (Lipinski definition) is 6. The molecule has 214 valence electrons. The summed E-state index contributed by atoms with van der Waals surface area (Å²) >= 11 is 0. The van der Waals surface area contributed by atoms with E-state index in [1.165, 1.54) is 65.0 Å². The first-order valence-electron chi connectivity index (χ1n) is 14.5. The molecule has 1 amide bonds. The Morgan fingerprint density at radius 1 is 0.947 bits per heavy atom. The largest absolute Gasteiger partial charge is 0.497 e. The lowest BCUT2D eigenvalue weighted by Gasteiger charge is -2.45. The Morgan fingerprint density at radius 2 is 1.47 bits per heavy atom. The molecule has 2 saturated heterocycles. The van der Waals surface area contributed by atoms with Crippen LogP contribution in [0.25, 0.3) is 0 Å².